The van der Waals surface area contributed by atoms with E-state index < -0.39 is 65.7 Å². The van der Waals surface area contributed by atoms with Crippen LogP contribution in [0.15, 0.2) is 0 Å². The largest absolute Gasteiger partial charge is 0.465 e. The van der Waals surface area contributed by atoms with Gasteiger partial charge in [0.05, 0.1) is 24.9 Å². The molecule has 1 heterocycles. The van der Waals surface area contributed by atoms with Crippen molar-refractivity contribution in [3.63, 3.8) is 0 Å². The number of cyclic esters (lactones) is 1. The van der Waals surface area contributed by atoms with Crippen molar-refractivity contribution >= 4 is 17.9 Å². The summed E-state index contributed by atoms with van der Waals surface area (Å²) in [6, 6.07) is 0. The van der Waals surface area contributed by atoms with Crippen molar-refractivity contribution in [1.29, 1.82) is 0 Å². The molecular weight excluding hydrogens is 464 g/mol. The molecule has 4 saturated carbocycles. The molecular formula is C23H30F4O7. The number of hydrogen-bond donors (Lipinski definition) is 0. The highest BCUT2D eigenvalue weighted by Crippen LogP contribution is 2.63. The number of rotatable bonds is 8. The standard InChI is InChI=1S/C23H30F4O7/c1-19(2)32-15(17(29)34-19)7-16(28)33-22-10-13-6-14(11-22)9-21(8-13,12-22)18(30)31-5-4-23(26,27)20(3,24)25/h13-15H,4-12H2,1-3H3. The molecule has 7 nitrogen and oxygen atoms in total. The molecule has 192 valence electrons. The molecule has 0 aromatic heterocycles. The second kappa shape index (κ2) is 8.06. The highest BCUT2D eigenvalue weighted by molar-refractivity contribution is 5.83. The summed E-state index contributed by atoms with van der Waals surface area (Å²) in [5.41, 5.74) is -1.92. The van der Waals surface area contributed by atoms with Gasteiger partial charge in [-0.3, -0.25) is 9.59 Å². The van der Waals surface area contributed by atoms with Crippen LogP contribution in [0.3, 0.4) is 0 Å². The van der Waals surface area contributed by atoms with Gasteiger partial charge in [-0.15, -0.1) is 0 Å². The van der Waals surface area contributed by atoms with E-state index in [-0.39, 0.29) is 31.6 Å². The van der Waals surface area contributed by atoms with Crippen LogP contribution in [0.5, 0.6) is 0 Å². The Morgan fingerprint density at radius 2 is 1.71 bits per heavy atom. The molecule has 5 rings (SSSR count). The number of ether oxygens (including phenoxy) is 4. The average Bonchev–Trinajstić information content (AvgIpc) is 2.90. The minimum atomic E-state index is -4.29. The van der Waals surface area contributed by atoms with Crippen LogP contribution in [0.4, 0.5) is 17.6 Å². The first-order valence-electron chi connectivity index (χ1n) is 11.6. The minimum absolute atomic E-state index is 0.0923. The quantitative estimate of drug-likeness (QED) is 0.284. The van der Waals surface area contributed by atoms with E-state index in [1.54, 1.807) is 13.8 Å². The molecule has 0 aromatic carbocycles. The zero-order valence-corrected chi connectivity index (χ0v) is 19.5. The van der Waals surface area contributed by atoms with Crippen molar-refractivity contribution in [1.82, 2.24) is 0 Å². The van der Waals surface area contributed by atoms with Crippen LogP contribution in [0.25, 0.3) is 0 Å². The summed E-state index contributed by atoms with van der Waals surface area (Å²) in [4.78, 5) is 37.6. The van der Waals surface area contributed by atoms with E-state index in [9.17, 15) is 31.9 Å². The van der Waals surface area contributed by atoms with E-state index in [1.807, 2.05) is 0 Å². The zero-order chi connectivity index (χ0) is 25.2. The molecule has 4 aliphatic carbocycles. The fourth-order valence-corrected chi connectivity index (χ4v) is 6.46. The number of alkyl halides is 4. The van der Waals surface area contributed by atoms with E-state index in [1.165, 1.54) is 0 Å². The predicted octanol–water partition coefficient (Wildman–Crippen LogP) is 4.16. The van der Waals surface area contributed by atoms with Gasteiger partial charge >= 0.3 is 29.8 Å². The highest BCUT2D eigenvalue weighted by Gasteiger charge is 2.63. The van der Waals surface area contributed by atoms with Gasteiger partial charge in [-0.1, -0.05) is 0 Å². The zero-order valence-electron chi connectivity index (χ0n) is 19.5. The highest BCUT2D eigenvalue weighted by atomic mass is 19.3. The fourth-order valence-electron chi connectivity index (χ4n) is 6.46. The van der Waals surface area contributed by atoms with Crippen LogP contribution in [-0.2, 0) is 33.3 Å². The molecule has 0 N–H and O–H groups in total. The molecule has 1 aliphatic heterocycles. The molecule has 5 aliphatic rings. The SMILES string of the molecule is CC1(C)OC(=O)C(CC(=O)OC23CC4CC(C2)CC(C(=O)OCCC(F)(F)C(C)(F)F)(C4)C3)O1. The summed E-state index contributed by atoms with van der Waals surface area (Å²) in [5, 5.41) is 0. The van der Waals surface area contributed by atoms with E-state index in [4.69, 9.17) is 18.9 Å². The maximum atomic E-state index is 13.5. The molecule has 11 heteroatoms. The van der Waals surface area contributed by atoms with Crippen molar-refractivity contribution in [2.24, 2.45) is 17.3 Å². The lowest BCUT2D eigenvalue weighted by molar-refractivity contribution is -0.220. The van der Waals surface area contributed by atoms with Crippen LogP contribution in [0.1, 0.15) is 72.1 Å². The predicted molar refractivity (Wildman–Crippen MR) is 107 cm³/mol. The second-order valence-corrected chi connectivity index (χ2v) is 11.0. The normalized spacial score (nSPS) is 36.3. The topological polar surface area (TPSA) is 88.1 Å². The van der Waals surface area contributed by atoms with Crippen LogP contribution >= 0.6 is 0 Å². The first kappa shape index (κ1) is 25.2. The van der Waals surface area contributed by atoms with E-state index in [0.29, 0.717) is 25.7 Å². The van der Waals surface area contributed by atoms with Gasteiger partial charge in [-0.05, 0) is 43.9 Å². The fraction of sp³-hybridized carbons (Fsp3) is 0.870. The Labute approximate surface area is 194 Å². The summed E-state index contributed by atoms with van der Waals surface area (Å²) in [7, 11) is 0. The van der Waals surface area contributed by atoms with Crippen molar-refractivity contribution in [3.05, 3.63) is 0 Å². The summed E-state index contributed by atoms with van der Waals surface area (Å²) in [6.45, 7) is 2.42. The van der Waals surface area contributed by atoms with Gasteiger partial charge in [0.25, 0.3) is 0 Å². The van der Waals surface area contributed by atoms with Crippen molar-refractivity contribution in [2.75, 3.05) is 6.61 Å². The Balaban J connectivity index is 1.40. The summed E-state index contributed by atoms with van der Waals surface area (Å²) >= 11 is 0. The Kier molecular flexibility index (Phi) is 5.97. The molecule has 4 bridgehead atoms. The Hall–Kier alpha value is -1.91. The Morgan fingerprint density at radius 3 is 2.24 bits per heavy atom. The van der Waals surface area contributed by atoms with Gasteiger partial charge in [0.1, 0.15) is 5.60 Å². The molecule has 0 radical (unpaired) electrons. The van der Waals surface area contributed by atoms with Gasteiger partial charge < -0.3 is 18.9 Å². The Morgan fingerprint density at radius 1 is 1.09 bits per heavy atom. The van der Waals surface area contributed by atoms with Gasteiger partial charge in [0, 0.05) is 27.2 Å². The van der Waals surface area contributed by atoms with Crippen LogP contribution in [0.2, 0.25) is 0 Å². The monoisotopic (exact) mass is 494 g/mol. The second-order valence-electron chi connectivity index (χ2n) is 11.0. The number of hydrogen-bond acceptors (Lipinski definition) is 7. The summed E-state index contributed by atoms with van der Waals surface area (Å²) < 4.78 is 74.6. The molecule has 5 fully saturated rings. The number of carbonyl (C=O) groups excluding carboxylic acids is 3. The third-order valence-corrected chi connectivity index (χ3v) is 7.45. The third-order valence-electron chi connectivity index (χ3n) is 7.45. The van der Waals surface area contributed by atoms with E-state index in [2.05, 4.69) is 0 Å². The average molecular weight is 494 g/mol. The molecule has 0 amide bonds. The Bertz CT molecular complexity index is 852. The summed E-state index contributed by atoms with van der Waals surface area (Å²) in [5.74, 6) is -11.5. The first-order chi connectivity index (χ1) is 15.5. The van der Waals surface area contributed by atoms with E-state index in [0.717, 1.165) is 6.42 Å². The lowest BCUT2D eigenvalue weighted by Gasteiger charge is -2.59. The van der Waals surface area contributed by atoms with E-state index >= 15 is 0 Å². The maximum Gasteiger partial charge on any atom is 0.338 e. The summed E-state index contributed by atoms with van der Waals surface area (Å²) in [6.07, 6.45) is 0.449. The van der Waals surface area contributed by atoms with Crippen molar-refractivity contribution < 1.29 is 50.9 Å². The van der Waals surface area contributed by atoms with Gasteiger partial charge in [-0.2, -0.15) is 8.78 Å². The number of halogens is 4. The lowest BCUT2D eigenvalue weighted by Crippen LogP contribution is -2.60. The molecule has 0 spiro atoms. The van der Waals surface area contributed by atoms with Crippen molar-refractivity contribution in [3.8, 4) is 0 Å². The molecule has 3 unspecified atom stereocenters. The van der Waals surface area contributed by atoms with Crippen LogP contribution < -0.4 is 0 Å². The van der Waals surface area contributed by atoms with Crippen LogP contribution in [0, 0.1) is 17.3 Å². The minimum Gasteiger partial charge on any atom is -0.465 e. The number of carbonyl (C=O) groups is 3. The smallest absolute Gasteiger partial charge is 0.338 e. The maximum absolute atomic E-state index is 13.5. The molecule has 1 saturated heterocycles. The molecule has 0 aromatic rings. The van der Waals surface area contributed by atoms with Gasteiger partial charge in [0.2, 0.25) is 5.79 Å². The van der Waals surface area contributed by atoms with Crippen molar-refractivity contribution in [2.45, 2.75) is 101 Å². The number of esters is 3. The molecule has 34 heavy (non-hydrogen) atoms. The van der Waals surface area contributed by atoms with Crippen LogP contribution in [-0.4, -0.2) is 53.9 Å². The lowest BCUT2D eigenvalue weighted by atomic mass is 9.48. The first-order valence-corrected chi connectivity index (χ1v) is 11.6. The third kappa shape index (κ3) is 4.77. The van der Waals surface area contributed by atoms with Gasteiger partial charge in [0.15, 0.2) is 6.10 Å². The molecule has 3 atom stereocenters. The van der Waals surface area contributed by atoms with Gasteiger partial charge in [-0.25, -0.2) is 13.6 Å².